The van der Waals surface area contributed by atoms with Crippen LogP contribution in [0.2, 0.25) is 0 Å². The summed E-state index contributed by atoms with van der Waals surface area (Å²) in [5.74, 6) is -3.66. The second kappa shape index (κ2) is 12.0. The summed E-state index contributed by atoms with van der Waals surface area (Å²) < 4.78 is 44.3. The Morgan fingerprint density at radius 2 is 1.87 bits per heavy atom. The van der Waals surface area contributed by atoms with Gasteiger partial charge in [0, 0.05) is 55.6 Å². The molecule has 3 aliphatic rings. The number of carbonyl (C=O) groups excluding carboxylic acids is 3. The molecule has 2 amide bonds. The summed E-state index contributed by atoms with van der Waals surface area (Å²) in [6.45, 7) is 0.236. The number of nitrogens with zero attached hydrogens (tertiary/aromatic N) is 4. The van der Waals surface area contributed by atoms with Crippen molar-refractivity contribution >= 4 is 23.7 Å². The Balaban J connectivity index is 1.23. The Morgan fingerprint density at radius 1 is 1.09 bits per heavy atom. The van der Waals surface area contributed by atoms with E-state index in [0.717, 1.165) is 43.7 Å². The van der Waals surface area contributed by atoms with Gasteiger partial charge in [0.1, 0.15) is 29.1 Å². The lowest BCUT2D eigenvalue weighted by Gasteiger charge is -2.36. The number of nitrogens with one attached hydrogen (secondary N) is 1. The number of non-ortho nitro benzene ring substituents is 1. The van der Waals surface area contributed by atoms with Gasteiger partial charge in [-0.05, 0) is 31.0 Å². The van der Waals surface area contributed by atoms with E-state index in [0.29, 0.717) is 12.6 Å². The molecule has 45 heavy (non-hydrogen) atoms. The van der Waals surface area contributed by atoms with Crippen molar-refractivity contribution in [1.29, 1.82) is 0 Å². The molecule has 0 saturated carbocycles. The molecule has 16 heteroatoms. The molecular weight excluding hydrogens is 600 g/mol. The number of nitro benzene ring substituents is 1. The number of hydrogen-bond acceptors (Lipinski definition) is 10. The summed E-state index contributed by atoms with van der Waals surface area (Å²) >= 11 is 0. The molecule has 0 unspecified atom stereocenters. The van der Waals surface area contributed by atoms with Crippen LogP contribution >= 0.6 is 0 Å². The van der Waals surface area contributed by atoms with Crippen LogP contribution in [-0.2, 0) is 17.8 Å². The molecule has 2 saturated heterocycles. The van der Waals surface area contributed by atoms with Crippen molar-refractivity contribution in [1.82, 2.24) is 19.7 Å². The van der Waals surface area contributed by atoms with Crippen molar-refractivity contribution in [3.05, 3.63) is 97.5 Å². The van der Waals surface area contributed by atoms with Crippen LogP contribution in [0.15, 0.2) is 53.5 Å². The molecule has 1 aromatic heterocycles. The number of carbonyl (C=O) groups is 3. The third kappa shape index (κ3) is 5.78. The second-order valence-electron chi connectivity index (χ2n) is 10.6. The van der Waals surface area contributed by atoms with Crippen LogP contribution in [0.1, 0.15) is 39.3 Å². The van der Waals surface area contributed by atoms with Crippen LogP contribution in [0.3, 0.4) is 0 Å². The minimum Gasteiger partial charge on any atom is -0.451 e. The molecule has 1 N–H and O–H groups in total. The highest BCUT2D eigenvalue weighted by Crippen LogP contribution is 2.35. The number of halogens is 2. The fourth-order valence-electron chi connectivity index (χ4n) is 5.84. The Morgan fingerprint density at radius 3 is 2.60 bits per heavy atom. The third-order valence-corrected chi connectivity index (χ3v) is 7.96. The first-order valence-electron chi connectivity index (χ1n) is 13.9. The second-order valence-corrected chi connectivity index (χ2v) is 10.6. The van der Waals surface area contributed by atoms with E-state index in [1.807, 2.05) is 0 Å². The zero-order chi connectivity index (χ0) is 31.8. The molecule has 3 aromatic rings. The monoisotopic (exact) mass is 625 g/mol. The number of rotatable bonds is 8. The van der Waals surface area contributed by atoms with Crippen LogP contribution in [0.5, 0.6) is 11.5 Å². The highest BCUT2D eigenvalue weighted by Gasteiger charge is 2.48. The van der Waals surface area contributed by atoms with Gasteiger partial charge in [0.25, 0.3) is 17.5 Å². The molecule has 0 spiro atoms. The smallest absolute Gasteiger partial charge is 0.451 e. The van der Waals surface area contributed by atoms with Crippen molar-refractivity contribution in [2.24, 2.45) is 0 Å². The van der Waals surface area contributed by atoms with Gasteiger partial charge in [0.05, 0.1) is 11.5 Å². The molecule has 14 nitrogen and oxygen atoms in total. The maximum atomic E-state index is 14.1. The van der Waals surface area contributed by atoms with Gasteiger partial charge >= 0.3 is 6.16 Å². The van der Waals surface area contributed by atoms with E-state index < -0.39 is 58.1 Å². The lowest BCUT2D eigenvalue weighted by molar-refractivity contribution is -0.384. The number of pyridine rings is 1. The standard InChI is InChI=1S/C29H25F2N5O9/c30-17-4-3-16(22(31)10-17)11-32-27(38)21-13-33-14-23-34-9-1-2-19(34)12-35(23)28(39)24(33)26(25(21)37)43-15-44-29(40)45-20-7-5-18(6-8-20)36(41)42/h3-8,10,13,19,23H,1-2,9,11-12,14-15H2,(H,32,38)/t19-,23+/m1/s1. The predicted molar refractivity (Wildman–Crippen MR) is 148 cm³/mol. The average molecular weight is 626 g/mol. The number of amides is 2. The first-order valence-corrected chi connectivity index (χ1v) is 13.9. The van der Waals surface area contributed by atoms with Gasteiger partial charge in [-0.15, -0.1) is 0 Å². The van der Waals surface area contributed by atoms with E-state index in [9.17, 15) is 38.1 Å². The Hall–Kier alpha value is -5.38. The van der Waals surface area contributed by atoms with E-state index in [4.69, 9.17) is 14.2 Å². The number of benzene rings is 2. The molecular formula is C29H25F2N5O9. The van der Waals surface area contributed by atoms with Gasteiger partial charge in [0.15, 0.2) is 5.69 Å². The Bertz CT molecular complexity index is 1760. The largest absolute Gasteiger partial charge is 0.516 e. The van der Waals surface area contributed by atoms with E-state index >= 15 is 0 Å². The van der Waals surface area contributed by atoms with E-state index in [2.05, 4.69) is 10.2 Å². The third-order valence-electron chi connectivity index (χ3n) is 7.96. The number of fused-ring (bicyclic) bond motifs is 4. The first-order chi connectivity index (χ1) is 21.6. The molecule has 3 aliphatic heterocycles. The average Bonchev–Trinajstić information content (AvgIpc) is 3.60. The van der Waals surface area contributed by atoms with Crippen LogP contribution in [0, 0.1) is 21.7 Å². The summed E-state index contributed by atoms with van der Waals surface area (Å²) in [5.41, 5.74) is -1.76. The molecule has 0 radical (unpaired) electrons. The highest BCUT2D eigenvalue weighted by atomic mass is 19.1. The first kappa shape index (κ1) is 29.7. The number of hydrogen-bond donors (Lipinski definition) is 1. The minimum absolute atomic E-state index is 0.0175. The van der Waals surface area contributed by atoms with Crippen LogP contribution in [0.25, 0.3) is 0 Å². The number of aromatic nitrogens is 1. The van der Waals surface area contributed by atoms with Crippen LogP contribution in [-0.4, -0.2) is 69.4 Å². The maximum Gasteiger partial charge on any atom is 0.516 e. The summed E-state index contributed by atoms with van der Waals surface area (Å²) in [5, 5.41) is 13.2. The quantitative estimate of drug-likeness (QED) is 0.130. The molecule has 2 fully saturated rings. The summed E-state index contributed by atoms with van der Waals surface area (Å²) in [6, 6.07) is 7.62. The lowest BCUT2D eigenvalue weighted by atomic mass is 10.1. The number of nitro groups is 1. The topological polar surface area (TPSA) is 163 Å². The van der Waals surface area contributed by atoms with Gasteiger partial charge in [-0.1, -0.05) is 6.07 Å². The minimum atomic E-state index is -1.26. The van der Waals surface area contributed by atoms with Crippen molar-refractivity contribution < 1.29 is 42.3 Å². The fourth-order valence-corrected chi connectivity index (χ4v) is 5.84. The van der Waals surface area contributed by atoms with E-state index in [1.54, 1.807) is 4.90 Å². The van der Waals surface area contributed by atoms with Gasteiger partial charge in [-0.2, -0.15) is 0 Å². The maximum absolute atomic E-state index is 14.1. The van der Waals surface area contributed by atoms with Crippen molar-refractivity contribution in [3.63, 3.8) is 0 Å². The summed E-state index contributed by atoms with van der Waals surface area (Å²) in [6.07, 6.45) is 1.57. The molecule has 2 aromatic carbocycles. The fraction of sp³-hybridized carbons (Fsp3) is 0.310. The van der Waals surface area contributed by atoms with Crippen LogP contribution in [0.4, 0.5) is 19.3 Å². The zero-order valence-electron chi connectivity index (χ0n) is 23.4. The highest BCUT2D eigenvalue weighted by molar-refractivity contribution is 5.99. The van der Waals surface area contributed by atoms with Crippen molar-refractivity contribution in [3.8, 4) is 11.5 Å². The van der Waals surface area contributed by atoms with E-state index in [1.165, 1.54) is 22.9 Å². The van der Waals surface area contributed by atoms with Gasteiger partial charge < -0.3 is 29.0 Å². The van der Waals surface area contributed by atoms with Gasteiger partial charge in [0.2, 0.25) is 18.0 Å². The Labute approximate surface area is 252 Å². The van der Waals surface area contributed by atoms with Gasteiger partial charge in [-0.25, -0.2) is 13.6 Å². The molecule has 234 valence electrons. The Kier molecular flexibility index (Phi) is 7.88. The predicted octanol–water partition coefficient (Wildman–Crippen LogP) is 2.78. The molecule has 2 atom stereocenters. The van der Waals surface area contributed by atoms with Crippen molar-refractivity contribution in [2.75, 3.05) is 19.9 Å². The van der Waals surface area contributed by atoms with E-state index in [-0.39, 0.29) is 48.0 Å². The molecule has 4 heterocycles. The normalized spacial score (nSPS) is 18.5. The summed E-state index contributed by atoms with van der Waals surface area (Å²) in [7, 11) is 0. The zero-order valence-corrected chi connectivity index (χ0v) is 23.4. The van der Waals surface area contributed by atoms with Gasteiger partial charge in [-0.3, -0.25) is 29.4 Å². The lowest BCUT2D eigenvalue weighted by Crippen LogP contribution is -2.50. The molecule has 0 aliphatic carbocycles. The summed E-state index contributed by atoms with van der Waals surface area (Å²) in [4.78, 5) is 66.7. The van der Waals surface area contributed by atoms with Crippen LogP contribution < -0.4 is 20.2 Å². The SMILES string of the molecule is O=C(OCOc1c2n(cc(C(=O)NCc3ccc(F)cc3F)c1=O)C[C@@H]1N(C[C@H]3CCCN31)C2=O)Oc1ccc([N+](=O)[O-])cc1. The van der Waals surface area contributed by atoms with Crippen molar-refractivity contribution in [2.45, 2.75) is 38.1 Å². The number of ether oxygens (including phenoxy) is 3. The molecule has 6 rings (SSSR count). The molecule has 0 bridgehead atoms.